The van der Waals surface area contributed by atoms with Crippen molar-refractivity contribution in [3.8, 4) is 5.75 Å². The van der Waals surface area contributed by atoms with E-state index in [1.165, 1.54) is 4.90 Å². The van der Waals surface area contributed by atoms with E-state index in [1.807, 2.05) is 80.3 Å². The molecule has 3 rings (SSSR count). The number of likely N-dealkylation sites (N-methyl/N-ethyl adjacent to an activating group) is 1. The van der Waals surface area contributed by atoms with Gasteiger partial charge in [-0.3, -0.25) is 14.5 Å². The van der Waals surface area contributed by atoms with Crippen LogP contribution in [0.25, 0.3) is 5.57 Å². The number of carbonyl (C=O) groups is 2. The topological polar surface area (TPSA) is 49.9 Å². The van der Waals surface area contributed by atoms with Crippen molar-refractivity contribution in [2.24, 2.45) is 0 Å². The maximum Gasteiger partial charge on any atom is 0.278 e. The Bertz CT molecular complexity index is 886. The number of nitrogens with zero attached hydrogens (tertiary/aromatic N) is 2. The van der Waals surface area contributed by atoms with Crippen molar-refractivity contribution in [2.45, 2.75) is 33.4 Å². The lowest BCUT2D eigenvalue weighted by atomic mass is 10.0. The molecule has 1 aliphatic heterocycles. The molecule has 0 aromatic heterocycles. The lowest BCUT2D eigenvalue weighted by Crippen LogP contribution is -2.39. The normalized spacial score (nSPS) is 14.2. The molecular formula is C23H26N2O3. The van der Waals surface area contributed by atoms with Crippen molar-refractivity contribution >= 4 is 17.4 Å². The van der Waals surface area contributed by atoms with Gasteiger partial charge in [0.15, 0.2) is 0 Å². The van der Waals surface area contributed by atoms with Gasteiger partial charge in [-0.25, -0.2) is 0 Å². The van der Waals surface area contributed by atoms with Crippen molar-refractivity contribution in [3.05, 3.63) is 71.4 Å². The van der Waals surface area contributed by atoms with Crippen LogP contribution in [0.3, 0.4) is 0 Å². The second-order valence-electron chi connectivity index (χ2n) is 7.03. The van der Waals surface area contributed by atoms with Gasteiger partial charge in [-0.2, -0.15) is 0 Å². The van der Waals surface area contributed by atoms with Gasteiger partial charge in [0, 0.05) is 19.1 Å². The molecule has 0 aliphatic carbocycles. The van der Waals surface area contributed by atoms with E-state index in [1.54, 1.807) is 7.11 Å². The van der Waals surface area contributed by atoms with Gasteiger partial charge >= 0.3 is 0 Å². The minimum atomic E-state index is -0.244. The number of methoxy groups -OCH3 is 1. The van der Waals surface area contributed by atoms with Gasteiger partial charge in [0.25, 0.3) is 11.8 Å². The van der Waals surface area contributed by atoms with E-state index in [0.717, 1.165) is 11.1 Å². The Morgan fingerprint density at radius 2 is 1.61 bits per heavy atom. The third-order valence-electron chi connectivity index (χ3n) is 4.90. The molecule has 0 saturated carbocycles. The number of rotatable bonds is 7. The van der Waals surface area contributed by atoms with E-state index in [4.69, 9.17) is 4.74 Å². The zero-order valence-corrected chi connectivity index (χ0v) is 16.8. The van der Waals surface area contributed by atoms with Crippen LogP contribution in [-0.2, 0) is 16.1 Å². The first-order valence-corrected chi connectivity index (χ1v) is 9.53. The Balaban J connectivity index is 2.09. The molecule has 2 amide bonds. The summed E-state index contributed by atoms with van der Waals surface area (Å²) < 4.78 is 5.22. The molecule has 0 atom stereocenters. The smallest absolute Gasteiger partial charge is 0.278 e. The largest absolute Gasteiger partial charge is 0.497 e. The summed E-state index contributed by atoms with van der Waals surface area (Å²) in [4.78, 5) is 29.8. The molecule has 0 radical (unpaired) electrons. The first-order chi connectivity index (χ1) is 13.5. The summed E-state index contributed by atoms with van der Waals surface area (Å²) in [5, 5.41) is 0. The Morgan fingerprint density at radius 1 is 0.964 bits per heavy atom. The average Bonchev–Trinajstić information content (AvgIpc) is 2.97. The lowest BCUT2D eigenvalue weighted by Gasteiger charge is -2.25. The molecule has 0 spiro atoms. The second kappa shape index (κ2) is 8.30. The highest BCUT2D eigenvalue weighted by molar-refractivity contribution is 6.35. The quantitative estimate of drug-likeness (QED) is 0.689. The molecule has 0 unspecified atom stereocenters. The standard InChI is InChI=1S/C23H26N2O3/c1-5-24(15-17-9-7-6-8-10-17)21-20(18-11-13-19(28-4)14-12-18)22(26)25(16(2)3)23(21)27/h6-14,16H,5,15H2,1-4H3. The molecule has 146 valence electrons. The summed E-state index contributed by atoms with van der Waals surface area (Å²) in [6.45, 7) is 6.90. The molecule has 5 nitrogen and oxygen atoms in total. The number of ether oxygens (including phenoxy) is 1. The zero-order chi connectivity index (χ0) is 20.3. The average molecular weight is 378 g/mol. The van der Waals surface area contributed by atoms with Crippen molar-refractivity contribution in [1.29, 1.82) is 0 Å². The van der Waals surface area contributed by atoms with Crippen LogP contribution in [0.1, 0.15) is 31.9 Å². The summed E-state index contributed by atoms with van der Waals surface area (Å²) in [6.07, 6.45) is 0. The van der Waals surface area contributed by atoms with Crippen molar-refractivity contribution in [3.63, 3.8) is 0 Å². The van der Waals surface area contributed by atoms with Gasteiger partial charge in [0.1, 0.15) is 11.4 Å². The second-order valence-corrected chi connectivity index (χ2v) is 7.03. The number of carbonyl (C=O) groups excluding carboxylic acids is 2. The van der Waals surface area contributed by atoms with E-state index >= 15 is 0 Å². The SMILES string of the molecule is CCN(Cc1ccccc1)C1=C(c2ccc(OC)cc2)C(=O)N(C(C)C)C1=O. The fourth-order valence-electron chi connectivity index (χ4n) is 3.47. The Kier molecular flexibility index (Phi) is 5.83. The predicted molar refractivity (Wildman–Crippen MR) is 109 cm³/mol. The third kappa shape index (κ3) is 3.65. The fraction of sp³-hybridized carbons (Fsp3) is 0.304. The van der Waals surface area contributed by atoms with Crippen LogP contribution in [0.5, 0.6) is 5.75 Å². The van der Waals surface area contributed by atoms with Crippen LogP contribution in [0.4, 0.5) is 0 Å². The van der Waals surface area contributed by atoms with Gasteiger partial charge < -0.3 is 9.64 Å². The van der Waals surface area contributed by atoms with Crippen LogP contribution in [0.15, 0.2) is 60.3 Å². The van der Waals surface area contributed by atoms with Crippen molar-refractivity contribution in [2.75, 3.05) is 13.7 Å². The van der Waals surface area contributed by atoms with Crippen LogP contribution < -0.4 is 4.74 Å². The number of hydrogen-bond donors (Lipinski definition) is 0. The first-order valence-electron chi connectivity index (χ1n) is 9.53. The van der Waals surface area contributed by atoms with Gasteiger partial charge in [-0.15, -0.1) is 0 Å². The fourth-order valence-corrected chi connectivity index (χ4v) is 3.47. The van der Waals surface area contributed by atoms with E-state index < -0.39 is 0 Å². The molecule has 1 heterocycles. The molecule has 2 aromatic rings. The number of benzene rings is 2. The van der Waals surface area contributed by atoms with Gasteiger partial charge in [0.2, 0.25) is 0 Å². The predicted octanol–water partition coefficient (Wildman–Crippen LogP) is 3.71. The highest BCUT2D eigenvalue weighted by Gasteiger charge is 2.42. The molecule has 28 heavy (non-hydrogen) atoms. The number of amides is 2. The maximum absolute atomic E-state index is 13.2. The highest BCUT2D eigenvalue weighted by atomic mass is 16.5. The van der Waals surface area contributed by atoms with E-state index in [-0.39, 0.29) is 17.9 Å². The molecule has 5 heteroatoms. The number of imide groups is 1. The molecule has 1 aliphatic rings. The van der Waals surface area contributed by atoms with Crippen LogP contribution in [-0.4, -0.2) is 41.3 Å². The Morgan fingerprint density at radius 3 is 2.14 bits per heavy atom. The molecule has 0 bridgehead atoms. The summed E-state index contributed by atoms with van der Waals surface area (Å²) in [7, 11) is 1.60. The van der Waals surface area contributed by atoms with Gasteiger partial charge in [-0.05, 0) is 44.0 Å². The summed E-state index contributed by atoms with van der Waals surface area (Å²) in [5.41, 5.74) is 2.74. The first kappa shape index (κ1) is 19.7. The Hall–Kier alpha value is -3.08. The summed E-state index contributed by atoms with van der Waals surface area (Å²) in [5.74, 6) is 0.232. The van der Waals surface area contributed by atoms with Crippen molar-refractivity contribution < 1.29 is 14.3 Å². The maximum atomic E-state index is 13.2. The lowest BCUT2D eigenvalue weighted by molar-refractivity contribution is -0.139. The van der Waals surface area contributed by atoms with Crippen LogP contribution in [0.2, 0.25) is 0 Å². The zero-order valence-electron chi connectivity index (χ0n) is 16.8. The number of hydrogen-bond acceptors (Lipinski definition) is 4. The molecule has 0 fully saturated rings. The highest BCUT2D eigenvalue weighted by Crippen LogP contribution is 2.34. The van der Waals surface area contributed by atoms with Crippen LogP contribution >= 0.6 is 0 Å². The molecular weight excluding hydrogens is 352 g/mol. The molecule has 2 aromatic carbocycles. The minimum Gasteiger partial charge on any atom is -0.497 e. The summed E-state index contributed by atoms with van der Waals surface area (Å²) in [6, 6.07) is 17.0. The van der Waals surface area contributed by atoms with E-state index in [0.29, 0.717) is 30.1 Å². The molecule has 0 N–H and O–H groups in total. The van der Waals surface area contributed by atoms with Crippen molar-refractivity contribution in [1.82, 2.24) is 9.80 Å². The van der Waals surface area contributed by atoms with Gasteiger partial charge in [-0.1, -0.05) is 42.5 Å². The third-order valence-corrected chi connectivity index (χ3v) is 4.90. The minimum absolute atomic E-state index is 0.207. The van der Waals surface area contributed by atoms with E-state index in [9.17, 15) is 9.59 Å². The van der Waals surface area contributed by atoms with Gasteiger partial charge in [0.05, 0.1) is 12.7 Å². The molecule has 0 saturated heterocycles. The van der Waals surface area contributed by atoms with E-state index in [2.05, 4.69) is 0 Å². The summed E-state index contributed by atoms with van der Waals surface area (Å²) >= 11 is 0. The van der Waals surface area contributed by atoms with Crippen LogP contribution in [0, 0.1) is 0 Å². The Labute approximate surface area is 166 Å². The monoisotopic (exact) mass is 378 g/mol.